The maximum Gasteiger partial charge on any atom is 0.328 e. The van der Waals surface area contributed by atoms with Gasteiger partial charge in [0.05, 0.1) is 19.9 Å². The number of rotatable bonds is 5. The van der Waals surface area contributed by atoms with Crippen LogP contribution in [0.2, 0.25) is 5.02 Å². The van der Waals surface area contributed by atoms with Crippen LogP contribution in [0.4, 0.5) is 16.2 Å². The zero-order valence-electron chi connectivity index (χ0n) is 16.1. The van der Waals surface area contributed by atoms with Crippen molar-refractivity contribution < 1.29 is 23.9 Å². The van der Waals surface area contributed by atoms with Crippen molar-refractivity contribution in [1.82, 2.24) is 5.32 Å². The Morgan fingerprint density at radius 2 is 1.90 bits per heavy atom. The number of carbonyl (C=O) groups is 3. The second-order valence-corrected chi connectivity index (χ2v) is 6.76. The molecule has 9 heteroatoms. The van der Waals surface area contributed by atoms with Crippen molar-refractivity contribution in [3.05, 3.63) is 47.0 Å². The van der Waals surface area contributed by atoms with Gasteiger partial charge in [0.25, 0.3) is 0 Å². The summed E-state index contributed by atoms with van der Waals surface area (Å²) in [5, 5.41) is 5.79. The van der Waals surface area contributed by atoms with Gasteiger partial charge in [0, 0.05) is 23.3 Å². The smallest absolute Gasteiger partial charge is 0.328 e. The fourth-order valence-corrected chi connectivity index (χ4v) is 3.16. The summed E-state index contributed by atoms with van der Waals surface area (Å²) in [5.41, 5.74) is 1.46. The molecule has 1 aliphatic rings. The van der Waals surface area contributed by atoms with Crippen LogP contribution in [0.1, 0.15) is 5.56 Å². The first kappa shape index (κ1) is 20.5. The van der Waals surface area contributed by atoms with Crippen LogP contribution in [-0.2, 0) is 9.59 Å². The molecule has 1 atom stereocenters. The van der Waals surface area contributed by atoms with Crippen LogP contribution in [0.25, 0.3) is 0 Å². The fourth-order valence-electron chi connectivity index (χ4n) is 2.99. The normalized spacial score (nSPS) is 16.3. The lowest BCUT2D eigenvalue weighted by molar-refractivity contribution is -0.130. The Balaban J connectivity index is 1.86. The van der Waals surface area contributed by atoms with E-state index in [1.54, 1.807) is 37.3 Å². The van der Waals surface area contributed by atoms with Crippen LogP contribution in [0.5, 0.6) is 11.5 Å². The molecule has 8 nitrogen and oxygen atoms in total. The molecule has 0 radical (unpaired) electrons. The van der Waals surface area contributed by atoms with E-state index in [0.29, 0.717) is 27.8 Å². The van der Waals surface area contributed by atoms with E-state index in [4.69, 9.17) is 21.1 Å². The summed E-state index contributed by atoms with van der Waals surface area (Å²) in [6, 6.07) is 9.09. The molecule has 4 amide bonds. The number of halogens is 1. The zero-order chi connectivity index (χ0) is 21.1. The first-order valence-corrected chi connectivity index (χ1v) is 9.15. The highest BCUT2D eigenvalue weighted by molar-refractivity contribution is 6.32. The highest BCUT2D eigenvalue weighted by atomic mass is 35.5. The Labute approximate surface area is 172 Å². The van der Waals surface area contributed by atoms with Gasteiger partial charge in [-0.1, -0.05) is 17.7 Å². The van der Waals surface area contributed by atoms with Crippen molar-refractivity contribution in [1.29, 1.82) is 0 Å². The lowest BCUT2D eigenvalue weighted by Gasteiger charge is -2.31. The Morgan fingerprint density at radius 1 is 1.17 bits per heavy atom. The van der Waals surface area contributed by atoms with Gasteiger partial charge in [0.1, 0.15) is 5.92 Å². The SMILES string of the molecule is COc1ccc(N2C(=O)NCC(C(=O)Nc3cccc(Cl)c3C)C2=O)cc1OC. The largest absolute Gasteiger partial charge is 0.493 e. The van der Waals surface area contributed by atoms with E-state index in [2.05, 4.69) is 10.6 Å². The third kappa shape index (κ3) is 3.97. The fraction of sp³-hybridized carbons (Fsp3) is 0.250. The number of amides is 4. The van der Waals surface area contributed by atoms with Crippen molar-refractivity contribution in [2.75, 3.05) is 31.0 Å². The van der Waals surface area contributed by atoms with Crippen LogP contribution >= 0.6 is 11.6 Å². The Morgan fingerprint density at radius 3 is 2.59 bits per heavy atom. The Kier molecular flexibility index (Phi) is 5.93. The van der Waals surface area contributed by atoms with E-state index in [0.717, 1.165) is 4.90 Å². The van der Waals surface area contributed by atoms with Gasteiger partial charge in [0.15, 0.2) is 11.5 Å². The van der Waals surface area contributed by atoms with Gasteiger partial charge in [-0.15, -0.1) is 0 Å². The third-order valence-electron chi connectivity index (χ3n) is 4.65. The van der Waals surface area contributed by atoms with Gasteiger partial charge < -0.3 is 20.1 Å². The molecule has 2 aromatic rings. The van der Waals surface area contributed by atoms with Crippen molar-refractivity contribution >= 4 is 40.8 Å². The minimum atomic E-state index is -1.10. The molecular weight excluding hydrogens is 398 g/mol. The number of ether oxygens (including phenoxy) is 2. The van der Waals surface area contributed by atoms with E-state index < -0.39 is 23.8 Å². The summed E-state index contributed by atoms with van der Waals surface area (Å²) in [6.45, 7) is 1.66. The van der Waals surface area contributed by atoms with Gasteiger partial charge in [-0.25, -0.2) is 9.69 Å². The number of carbonyl (C=O) groups excluding carboxylic acids is 3. The van der Waals surface area contributed by atoms with Crippen LogP contribution in [0, 0.1) is 12.8 Å². The topological polar surface area (TPSA) is 97.0 Å². The second kappa shape index (κ2) is 8.40. The van der Waals surface area contributed by atoms with E-state index in [1.807, 2.05) is 0 Å². The number of imide groups is 1. The molecule has 2 N–H and O–H groups in total. The molecule has 1 fully saturated rings. The molecule has 2 aromatic carbocycles. The monoisotopic (exact) mass is 417 g/mol. The van der Waals surface area contributed by atoms with E-state index in [1.165, 1.54) is 20.3 Å². The van der Waals surface area contributed by atoms with Crippen LogP contribution < -0.4 is 25.0 Å². The molecule has 1 heterocycles. The van der Waals surface area contributed by atoms with Crippen molar-refractivity contribution in [2.24, 2.45) is 5.92 Å². The lowest BCUT2D eigenvalue weighted by Crippen LogP contribution is -2.58. The summed E-state index contributed by atoms with van der Waals surface area (Å²) in [7, 11) is 2.93. The number of anilines is 2. The number of nitrogens with zero attached hydrogens (tertiary/aromatic N) is 1. The molecule has 0 aromatic heterocycles. The molecule has 3 rings (SSSR count). The van der Waals surface area contributed by atoms with Crippen molar-refractivity contribution in [3.8, 4) is 11.5 Å². The Bertz CT molecular complexity index is 979. The standard InChI is InChI=1S/C20H20ClN3O5/c1-11-14(21)5-4-6-15(11)23-18(25)13-10-22-20(27)24(19(13)26)12-7-8-16(28-2)17(9-12)29-3/h4-9,13H,10H2,1-3H3,(H,22,27)(H,23,25). The predicted octanol–water partition coefficient (Wildman–Crippen LogP) is 2.98. The number of nitrogens with one attached hydrogen (secondary N) is 2. The zero-order valence-corrected chi connectivity index (χ0v) is 16.9. The molecule has 1 unspecified atom stereocenters. The molecule has 1 saturated heterocycles. The molecule has 1 aliphatic heterocycles. The quantitative estimate of drug-likeness (QED) is 0.729. The molecule has 0 saturated carbocycles. The molecule has 29 heavy (non-hydrogen) atoms. The van der Waals surface area contributed by atoms with Crippen molar-refractivity contribution in [2.45, 2.75) is 6.92 Å². The number of hydrogen-bond acceptors (Lipinski definition) is 5. The van der Waals surface area contributed by atoms with Crippen LogP contribution in [0.3, 0.4) is 0 Å². The molecule has 0 aliphatic carbocycles. The average molecular weight is 418 g/mol. The van der Waals surface area contributed by atoms with Gasteiger partial charge in [-0.3, -0.25) is 9.59 Å². The number of methoxy groups -OCH3 is 2. The summed E-state index contributed by atoms with van der Waals surface area (Å²) >= 11 is 6.08. The summed E-state index contributed by atoms with van der Waals surface area (Å²) in [4.78, 5) is 39.0. The maximum atomic E-state index is 13.0. The highest BCUT2D eigenvalue weighted by Gasteiger charge is 2.40. The third-order valence-corrected chi connectivity index (χ3v) is 5.06. The minimum absolute atomic E-state index is 0.104. The molecular formula is C20H20ClN3O5. The minimum Gasteiger partial charge on any atom is -0.493 e. The van der Waals surface area contributed by atoms with Gasteiger partial charge in [-0.05, 0) is 36.8 Å². The Hall–Kier alpha value is -3.26. The summed E-state index contributed by atoms with van der Waals surface area (Å²) < 4.78 is 10.4. The highest BCUT2D eigenvalue weighted by Crippen LogP contribution is 2.33. The lowest BCUT2D eigenvalue weighted by atomic mass is 10.0. The summed E-state index contributed by atoms with van der Waals surface area (Å²) in [6.07, 6.45) is 0. The number of hydrogen-bond donors (Lipinski definition) is 2. The molecule has 152 valence electrons. The predicted molar refractivity (Wildman–Crippen MR) is 109 cm³/mol. The second-order valence-electron chi connectivity index (χ2n) is 6.35. The summed E-state index contributed by atoms with van der Waals surface area (Å²) in [5.74, 6) is -1.47. The maximum absolute atomic E-state index is 13.0. The van der Waals surface area contributed by atoms with Gasteiger partial charge >= 0.3 is 6.03 Å². The first-order valence-electron chi connectivity index (χ1n) is 8.77. The van der Waals surface area contributed by atoms with Crippen LogP contribution in [0.15, 0.2) is 36.4 Å². The van der Waals surface area contributed by atoms with E-state index >= 15 is 0 Å². The van der Waals surface area contributed by atoms with E-state index in [-0.39, 0.29) is 12.2 Å². The number of benzene rings is 2. The van der Waals surface area contributed by atoms with Gasteiger partial charge in [0.2, 0.25) is 11.8 Å². The van der Waals surface area contributed by atoms with Crippen LogP contribution in [-0.4, -0.2) is 38.6 Å². The van der Waals surface area contributed by atoms with Crippen molar-refractivity contribution in [3.63, 3.8) is 0 Å². The first-order chi connectivity index (χ1) is 13.9. The molecule has 0 bridgehead atoms. The molecule has 0 spiro atoms. The average Bonchev–Trinajstić information content (AvgIpc) is 2.71. The number of urea groups is 1. The van der Waals surface area contributed by atoms with Gasteiger partial charge in [-0.2, -0.15) is 0 Å². The van der Waals surface area contributed by atoms with E-state index in [9.17, 15) is 14.4 Å².